The first kappa shape index (κ1) is 35.9. The maximum Gasteiger partial charge on any atom is 0.228 e. The van der Waals surface area contributed by atoms with Crippen LogP contribution >= 0.6 is 11.6 Å². The van der Waals surface area contributed by atoms with Crippen molar-refractivity contribution < 1.29 is 14.3 Å². The zero-order valence-corrected chi connectivity index (χ0v) is 32.0. The van der Waals surface area contributed by atoms with E-state index in [1.807, 2.05) is 54.5 Å². The number of nitrogens with one attached hydrogen (secondary N) is 1. The second-order valence-corrected chi connectivity index (χ2v) is 14.3. The van der Waals surface area contributed by atoms with E-state index >= 15 is 0 Å². The summed E-state index contributed by atoms with van der Waals surface area (Å²) < 4.78 is 14.1. The number of anilines is 1. The Morgan fingerprint density at radius 3 is 2.02 bits per heavy atom. The summed E-state index contributed by atoms with van der Waals surface area (Å²) in [7, 11) is 3.26. The van der Waals surface area contributed by atoms with Crippen LogP contribution in [0.1, 0.15) is 39.2 Å². The fraction of sp³-hybridized carbons (Fsp3) is 0.222. The molecule has 5 aromatic carbocycles. The molecule has 8 rings (SSSR count). The largest absolute Gasteiger partial charge is 0.493 e. The van der Waals surface area contributed by atoms with Gasteiger partial charge in [-0.1, -0.05) is 109 Å². The van der Waals surface area contributed by atoms with Crippen LogP contribution in [0.4, 0.5) is 5.69 Å². The Hall–Kier alpha value is -6.06. The molecule has 1 N–H and O–H groups in total. The van der Waals surface area contributed by atoms with E-state index in [1.165, 1.54) is 0 Å². The number of carbonyl (C=O) groups excluding carboxylic acids is 1. The van der Waals surface area contributed by atoms with Crippen LogP contribution in [-0.4, -0.2) is 71.0 Å². The molecular formula is C45H43ClN6O3. The highest BCUT2D eigenvalue weighted by Crippen LogP contribution is 2.43. The van der Waals surface area contributed by atoms with Gasteiger partial charge in [-0.3, -0.25) is 9.89 Å². The highest BCUT2D eigenvalue weighted by atomic mass is 35.5. The van der Waals surface area contributed by atoms with E-state index in [-0.39, 0.29) is 12.3 Å². The third kappa shape index (κ3) is 6.59. The van der Waals surface area contributed by atoms with E-state index in [2.05, 4.69) is 105 Å². The number of aromatic amines is 1. The van der Waals surface area contributed by atoms with Crippen molar-refractivity contribution in [2.75, 3.05) is 45.3 Å². The summed E-state index contributed by atoms with van der Waals surface area (Å²) >= 11 is 6.42. The summed E-state index contributed by atoms with van der Waals surface area (Å²) in [6, 6.07) is 39.4. The molecule has 1 aliphatic heterocycles. The maximum absolute atomic E-state index is 13.9. The molecule has 0 bridgehead atoms. The van der Waals surface area contributed by atoms with E-state index in [0.717, 1.165) is 68.4 Å². The molecule has 1 aliphatic rings. The Morgan fingerprint density at radius 2 is 1.44 bits per heavy atom. The summed E-state index contributed by atoms with van der Waals surface area (Å²) in [5, 5.41) is 9.45. The molecule has 0 spiro atoms. The first-order valence-electron chi connectivity index (χ1n) is 18.5. The third-order valence-corrected chi connectivity index (χ3v) is 11.3. The summed E-state index contributed by atoms with van der Waals surface area (Å²) in [5.41, 5.74) is 7.90. The van der Waals surface area contributed by atoms with E-state index in [0.29, 0.717) is 36.5 Å². The quantitative estimate of drug-likeness (QED) is 0.135. The Kier molecular flexibility index (Phi) is 10.0. The molecule has 1 amide bonds. The topological polar surface area (TPSA) is 88.5 Å². The lowest BCUT2D eigenvalue weighted by Gasteiger charge is -2.37. The summed E-state index contributed by atoms with van der Waals surface area (Å²) in [5.74, 6) is 1.19. The van der Waals surface area contributed by atoms with Gasteiger partial charge in [0.15, 0.2) is 11.5 Å². The SMILES string of the molecule is COc1cc2n[nH]c(CC(=O)N3CCN(c4cccc(Cl)c4C)CC3)c2c(Cc2cn(C(c3ccccc3)(c3ccccc3)c3ccccc3)cn2)c1OC. The number of halogens is 1. The predicted octanol–water partition coefficient (Wildman–Crippen LogP) is 8.06. The third-order valence-electron chi connectivity index (χ3n) is 10.9. The number of hydrogen-bond acceptors (Lipinski definition) is 6. The number of ether oxygens (including phenoxy) is 2. The van der Waals surface area contributed by atoms with Crippen molar-refractivity contribution in [3.8, 4) is 11.5 Å². The number of benzene rings is 5. The Bertz CT molecular complexity index is 2330. The molecule has 2 aromatic heterocycles. The van der Waals surface area contributed by atoms with Crippen LogP contribution in [0.15, 0.2) is 128 Å². The average Bonchev–Trinajstić information content (AvgIpc) is 3.87. The van der Waals surface area contributed by atoms with Gasteiger partial charge < -0.3 is 23.8 Å². The smallest absolute Gasteiger partial charge is 0.228 e. The van der Waals surface area contributed by atoms with Gasteiger partial charge in [0.2, 0.25) is 5.91 Å². The van der Waals surface area contributed by atoms with Crippen molar-refractivity contribution in [2.45, 2.75) is 25.3 Å². The van der Waals surface area contributed by atoms with Gasteiger partial charge in [-0.05, 0) is 41.3 Å². The van der Waals surface area contributed by atoms with Crippen molar-refractivity contribution in [3.05, 3.63) is 172 Å². The predicted molar refractivity (Wildman–Crippen MR) is 218 cm³/mol. The number of H-pyrrole nitrogens is 1. The molecule has 0 atom stereocenters. The highest BCUT2D eigenvalue weighted by molar-refractivity contribution is 6.31. The number of hydrogen-bond donors (Lipinski definition) is 1. The van der Waals surface area contributed by atoms with Crippen molar-refractivity contribution in [3.63, 3.8) is 0 Å². The van der Waals surface area contributed by atoms with Crippen molar-refractivity contribution in [1.82, 2.24) is 24.6 Å². The first-order chi connectivity index (χ1) is 26.9. The highest BCUT2D eigenvalue weighted by Gasteiger charge is 2.38. The average molecular weight is 751 g/mol. The molecule has 0 aliphatic carbocycles. The molecule has 1 saturated heterocycles. The van der Waals surface area contributed by atoms with Gasteiger partial charge in [0, 0.05) is 66.5 Å². The Balaban J connectivity index is 1.15. The van der Waals surface area contributed by atoms with E-state index in [1.54, 1.807) is 14.2 Å². The molecule has 0 radical (unpaired) electrons. The number of methoxy groups -OCH3 is 2. The monoisotopic (exact) mass is 750 g/mol. The van der Waals surface area contributed by atoms with Gasteiger partial charge in [-0.25, -0.2) is 4.98 Å². The second kappa shape index (κ2) is 15.4. The summed E-state index contributed by atoms with van der Waals surface area (Å²) in [4.78, 5) is 23.2. The normalized spacial score (nSPS) is 13.3. The minimum absolute atomic E-state index is 0.0383. The van der Waals surface area contributed by atoms with Gasteiger partial charge in [-0.15, -0.1) is 0 Å². The zero-order chi connectivity index (χ0) is 37.9. The number of fused-ring (bicyclic) bond motifs is 1. The molecule has 278 valence electrons. The van der Waals surface area contributed by atoms with E-state index < -0.39 is 5.54 Å². The fourth-order valence-electron chi connectivity index (χ4n) is 8.16. The molecule has 1 fully saturated rings. The van der Waals surface area contributed by atoms with Crippen LogP contribution in [0.25, 0.3) is 10.9 Å². The molecular weight excluding hydrogens is 708 g/mol. The molecule has 0 saturated carbocycles. The van der Waals surface area contributed by atoms with E-state index in [4.69, 9.17) is 26.1 Å². The van der Waals surface area contributed by atoms with Crippen molar-refractivity contribution >= 4 is 34.1 Å². The van der Waals surface area contributed by atoms with Gasteiger partial charge in [0.1, 0.15) is 5.54 Å². The standard InChI is InChI=1S/C45H43ClN6O3/c1-31-37(46)20-13-21-40(31)50-22-24-51(25-23-50)42(53)28-39-43-36(44(55-3)41(54-2)27-38(43)48-49-39)26-35-29-52(30-47-35)45(32-14-7-4-8-15-32,33-16-9-5-10-17-33)34-18-11-6-12-19-34/h4-21,27,29-30H,22-26,28H2,1-3H3,(H,48,49). The maximum atomic E-state index is 13.9. The van der Waals surface area contributed by atoms with E-state index in [9.17, 15) is 4.79 Å². The molecule has 7 aromatic rings. The lowest BCUT2D eigenvalue weighted by atomic mass is 9.77. The number of piperazine rings is 1. The van der Waals surface area contributed by atoms with Crippen molar-refractivity contribution in [1.29, 1.82) is 0 Å². The van der Waals surface area contributed by atoms with Crippen LogP contribution in [0.2, 0.25) is 5.02 Å². The Labute approximate surface area is 326 Å². The van der Waals surface area contributed by atoms with Crippen LogP contribution in [0.3, 0.4) is 0 Å². The van der Waals surface area contributed by atoms with Gasteiger partial charge in [0.25, 0.3) is 0 Å². The second-order valence-electron chi connectivity index (χ2n) is 13.9. The van der Waals surface area contributed by atoms with Gasteiger partial charge >= 0.3 is 0 Å². The molecule has 0 unspecified atom stereocenters. The number of aromatic nitrogens is 4. The number of amides is 1. The van der Waals surface area contributed by atoms with Crippen LogP contribution in [-0.2, 0) is 23.2 Å². The minimum atomic E-state index is -0.703. The number of nitrogens with zero attached hydrogens (tertiary/aromatic N) is 5. The molecule has 9 nitrogen and oxygen atoms in total. The van der Waals surface area contributed by atoms with Gasteiger partial charge in [-0.2, -0.15) is 5.10 Å². The lowest BCUT2D eigenvalue weighted by Crippen LogP contribution is -2.49. The fourth-order valence-corrected chi connectivity index (χ4v) is 8.33. The van der Waals surface area contributed by atoms with Crippen LogP contribution < -0.4 is 14.4 Å². The van der Waals surface area contributed by atoms with Crippen LogP contribution in [0, 0.1) is 6.92 Å². The summed E-state index contributed by atoms with van der Waals surface area (Å²) in [6.07, 6.45) is 4.61. The van der Waals surface area contributed by atoms with Gasteiger partial charge in [0.05, 0.1) is 43.9 Å². The summed E-state index contributed by atoms with van der Waals surface area (Å²) in [6.45, 7) is 4.72. The van der Waals surface area contributed by atoms with Crippen LogP contribution in [0.5, 0.6) is 11.5 Å². The molecule has 55 heavy (non-hydrogen) atoms. The number of imidazole rings is 1. The minimum Gasteiger partial charge on any atom is -0.493 e. The lowest BCUT2D eigenvalue weighted by molar-refractivity contribution is -0.130. The van der Waals surface area contributed by atoms with Crippen molar-refractivity contribution in [2.24, 2.45) is 0 Å². The Morgan fingerprint density at radius 1 is 0.818 bits per heavy atom. The zero-order valence-electron chi connectivity index (χ0n) is 31.2. The molecule has 3 heterocycles. The first-order valence-corrected chi connectivity index (χ1v) is 18.9. The number of carbonyl (C=O) groups is 1. The number of rotatable bonds is 11. The molecule has 10 heteroatoms.